The van der Waals surface area contributed by atoms with Crippen LogP contribution in [0, 0.1) is 11.3 Å². The van der Waals surface area contributed by atoms with E-state index >= 15 is 0 Å². The van der Waals surface area contributed by atoms with Crippen LogP contribution in [0.2, 0.25) is 0 Å². The van der Waals surface area contributed by atoms with Crippen molar-refractivity contribution in [1.82, 2.24) is 19.4 Å². The molecule has 1 amide bonds. The van der Waals surface area contributed by atoms with Crippen molar-refractivity contribution < 1.29 is 4.79 Å². The average Bonchev–Trinajstić information content (AvgIpc) is 3.09. The van der Waals surface area contributed by atoms with Gasteiger partial charge in [-0.25, -0.2) is 4.98 Å². The number of hydrogen-bond donors (Lipinski definition) is 0. The van der Waals surface area contributed by atoms with Crippen LogP contribution in [-0.2, 0) is 11.3 Å². The zero-order valence-corrected chi connectivity index (χ0v) is 17.7. The van der Waals surface area contributed by atoms with Gasteiger partial charge in [0.1, 0.15) is 0 Å². The summed E-state index contributed by atoms with van der Waals surface area (Å²) in [6.07, 6.45) is 7.68. The highest BCUT2D eigenvalue weighted by atomic mass is 32.1. The normalized spacial score (nSPS) is 28.3. The summed E-state index contributed by atoms with van der Waals surface area (Å²) in [7, 11) is 0. The molecule has 2 aromatic heterocycles. The van der Waals surface area contributed by atoms with Crippen molar-refractivity contribution in [3.8, 4) is 0 Å². The summed E-state index contributed by atoms with van der Waals surface area (Å²) < 4.78 is 2.17. The van der Waals surface area contributed by atoms with E-state index < -0.39 is 0 Å². The van der Waals surface area contributed by atoms with Gasteiger partial charge in [-0.3, -0.25) is 9.69 Å². The predicted molar refractivity (Wildman–Crippen MR) is 111 cm³/mol. The fraction of sp³-hybridized carbons (Fsp3) is 0.636. The molecule has 1 saturated carbocycles. The van der Waals surface area contributed by atoms with E-state index in [1.54, 1.807) is 11.3 Å². The molecule has 2 saturated heterocycles. The van der Waals surface area contributed by atoms with Crippen molar-refractivity contribution in [1.29, 1.82) is 0 Å². The molecule has 150 valence electrons. The molecule has 5 nitrogen and oxygen atoms in total. The molecule has 2 unspecified atom stereocenters. The molecule has 4 heterocycles. The maximum absolute atomic E-state index is 13.6. The topological polar surface area (TPSA) is 41.4 Å². The first-order valence-corrected chi connectivity index (χ1v) is 11.6. The molecule has 3 aliphatic rings. The number of amides is 1. The maximum atomic E-state index is 13.6. The van der Waals surface area contributed by atoms with Crippen LogP contribution in [0.4, 0.5) is 0 Å². The lowest BCUT2D eigenvalue weighted by molar-refractivity contribution is -0.136. The Labute approximate surface area is 171 Å². The molecule has 2 aliphatic heterocycles. The second kappa shape index (κ2) is 6.99. The van der Waals surface area contributed by atoms with Gasteiger partial charge in [-0.05, 0) is 61.4 Å². The number of nitrogens with zero attached hydrogens (tertiary/aromatic N) is 4. The second-order valence-corrected chi connectivity index (χ2v) is 10.1. The van der Waals surface area contributed by atoms with Crippen LogP contribution in [0.15, 0.2) is 29.4 Å². The summed E-state index contributed by atoms with van der Waals surface area (Å²) in [5.41, 5.74) is 2.16. The lowest BCUT2D eigenvalue weighted by atomic mass is 9.75. The first kappa shape index (κ1) is 18.4. The third-order valence-corrected chi connectivity index (χ3v) is 7.62. The van der Waals surface area contributed by atoms with Crippen molar-refractivity contribution in [2.45, 2.75) is 51.6 Å². The second-order valence-electron chi connectivity index (χ2n) is 9.29. The Bertz CT molecular complexity index is 841. The van der Waals surface area contributed by atoms with Gasteiger partial charge in [0.25, 0.3) is 0 Å². The highest BCUT2D eigenvalue weighted by Gasteiger charge is 2.58. The van der Waals surface area contributed by atoms with Crippen LogP contribution < -0.4 is 0 Å². The molecule has 0 radical (unpaired) electrons. The van der Waals surface area contributed by atoms with Crippen LogP contribution in [0.5, 0.6) is 0 Å². The van der Waals surface area contributed by atoms with Crippen molar-refractivity contribution in [3.05, 3.63) is 40.6 Å². The quantitative estimate of drug-likeness (QED) is 0.744. The third-order valence-electron chi connectivity index (χ3n) is 6.89. The Balaban J connectivity index is 1.43. The van der Waals surface area contributed by atoms with Gasteiger partial charge in [0.05, 0.1) is 17.4 Å². The molecule has 0 bridgehead atoms. The number of aromatic nitrogens is 2. The number of carbonyl (C=O) groups excluding carboxylic acids is 1. The van der Waals surface area contributed by atoms with E-state index in [0.717, 1.165) is 50.8 Å². The number of carbonyl (C=O) groups is 1. The fourth-order valence-electron chi connectivity index (χ4n) is 5.07. The number of hydrogen-bond acceptors (Lipinski definition) is 4. The van der Waals surface area contributed by atoms with Crippen molar-refractivity contribution >= 4 is 17.2 Å². The van der Waals surface area contributed by atoms with Crippen LogP contribution in [-0.4, -0.2) is 51.4 Å². The minimum Gasteiger partial charge on any atom is -0.342 e. The van der Waals surface area contributed by atoms with Crippen molar-refractivity contribution in [3.63, 3.8) is 0 Å². The first-order valence-electron chi connectivity index (χ1n) is 10.6. The van der Waals surface area contributed by atoms with E-state index in [2.05, 4.69) is 51.2 Å². The van der Waals surface area contributed by atoms with Crippen LogP contribution in [0.25, 0.3) is 0 Å². The Morgan fingerprint density at radius 2 is 2.21 bits per heavy atom. The summed E-state index contributed by atoms with van der Waals surface area (Å²) in [4.78, 5) is 23.1. The number of thiophene rings is 1. The van der Waals surface area contributed by atoms with E-state index in [9.17, 15) is 4.79 Å². The third kappa shape index (κ3) is 3.20. The number of rotatable bonds is 6. The zero-order chi connectivity index (χ0) is 19.3. The van der Waals surface area contributed by atoms with Gasteiger partial charge in [-0.15, -0.1) is 0 Å². The van der Waals surface area contributed by atoms with Gasteiger partial charge in [0, 0.05) is 50.9 Å². The minimum absolute atomic E-state index is 0.197. The number of imidazole rings is 1. The van der Waals surface area contributed by atoms with E-state index in [1.807, 2.05) is 6.33 Å². The molecule has 1 aliphatic carbocycles. The van der Waals surface area contributed by atoms with Gasteiger partial charge in [0.15, 0.2) is 0 Å². The molecule has 2 atom stereocenters. The molecular weight excluding hydrogens is 368 g/mol. The highest BCUT2D eigenvalue weighted by Crippen LogP contribution is 2.50. The molecular formula is C22H30N4OS. The predicted octanol–water partition coefficient (Wildman–Crippen LogP) is 3.75. The Morgan fingerprint density at radius 1 is 1.36 bits per heavy atom. The summed E-state index contributed by atoms with van der Waals surface area (Å²) in [5.74, 6) is 1.33. The molecule has 3 fully saturated rings. The lowest BCUT2D eigenvalue weighted by Gasteiger charge is -2.28. The lowest BCUT2D eigenvalue weighted by Crippen LogP contribution is -2.40. The van der Waals surface area contributed by atoms with Gasteiger partial charge in [-0.1, -0.05) is 0 Å². The molecule has 2 aromatic rings. The molecule has 0 N–H and O–H groups in total. The minimum atomic E-state index is -0.291. The zero-order valence-electron chi connectivity index (χ0n) is 16.9. The Kier molecular flexibility index (Phi) is 4.59. The Hall–Kier alpha value is -1.66. The fourth-order valence-corrected chi connectivity index (χ4v) is 5.73. The van der Waals surface area contributed by atoms with Crippen LogP contribution >= 0.6 is 11.3 Å². The van der Waals surface area contributed by atoms with Gasteiger partial charge >= 0.3 is 0 Å². The summed E-state index contributed by atoms with van der Waals surface area (Å²) >= 11 is 1.75. The SMILES string of the molecule is CC(C)n1cnc(C2CN(Cc3ccsc3)CC23CCN(CC2CC2)C3=O)c1. The Morgan fingerprint density at radius 3 is 2.89 bits per heavy atom. The van der Waals surface area contributed by atoms with Crippen LogP contribution in [0.1, 0.15) is 56.3 Å². The van der Waals surface area contributed by atoms with E-state index in [-0.39, 0.29) is 11.3 Å². The molecule has 28 heavy (non-hydrogen) atoms. The molecule has 1 spiro atoms. The highest BCUT2D eigenvalue weighted by molar-refractivity contribution is 7.07. The van der Waals surface area contributed by atoms with E-state index in [1.165, 1.54) is 18.4 Å². The van der Waals surface area contributed by atoms with E-state index in [0.29, 0.717) is 11.9 Å². The van der Waals surface area contributed by atoms with Crippen molar-refractivity contribution in [2.24, 2.45) is 11.3 Å². The summed E-state index contributed by atoms with van der Waals surface area (Å²) in [6, 6.07) is 2.60. The van der Waals surface area contributed by atoms with Gasteiger partial charge < -0.3 is 9.47 Å². The summed E-state index contributed by atoms with van der Waals surface area (Å²) in [5, 5.41) is 4.37. The van der Waals surface area contributed by atoms with Gasteiger partial charge in [-0.2, -0.15) is 11.3 Å². The smallest absolute Gasteiger partial charge is 0.230 e. The molecule has 6 heteroatoms. The monoisotopic (exact) mass is 398 g/mol. The number of likely N-dealkylation sites (tertiary alicyclic amines) is 2. The maximum Gasteiger partial charge on any atom is 0.230 e. The van der Waals surface area contributed by atoms with Crippen LogP contribution in [0.3, 0.4) is 0 Å². The largest absolute Gasteiger partial charge is 0.342 e. The van der Waals surface area contributed by atoms with Gasteiger partial charge in [0.2, 0.25) is 5.91 Å². The molecule has 5 rings (SSSR count). The average molecular weight is 399 g/mol. The van der Waals surface area contributed by atoms with Crippen molar-refractivity contribution in [2.75, 3.05) is 26.2 Å². The standard InChI is InChI=1S/C22H30N4OS/c1-16(2)26-12-20(23-15-26)19-11-24(9-18-5-8-28-13-18)14-22(19)6-7-25(21(22)27)10-17-3-4-17/h5,8,12-13,15-17,19H,3-4,6-7,9-11,14H2,1-2H3. The van der Waals surface area contributed by atoms with E-state index in [4.69, 9.17) is 4.98 Å². The molecule has 0 aromatic carbocycles. The summed E-state index contributed by atoms with van der Waals surface area (Å²) in [6.45, 7) is 8.97. The first-order chi connectivity index (χ1) is 13.5.